The van der Waals surface area contributed by atoms with Crippen molar-refractivity contribution in [2.24, 2.45) is 0 Å². The van der Waals surface area contributed by atoms with Crippen LogP contribution in [0.5, 0.6) is 5.75 Å². The Morgan fingerprint density at radius 2 is 1.78 bits per heavy atom. The number of ether oxygens (including phenoxy) is 1. The zero-order valence-electron chi connectivity index (χ0n) is 15.3. The van der Waals surface area contributed by atoms with Crippen molar-refractivity contribution in [1.82, 2.24) is 9.46 Å². The van der Waals surface area contributed by atoms with E-state index in [1.165, 1.54) is 4.31 Å². The van der Waals surface area contributed by atoms with Gasteiger partial charge in [-0.05, 0) is 42.8 Å². The number of aromatic nitrogens is 1. The Kier molecular flexibility index (Phi) is 5.93. The first kappa shape index (κ1) is 19.1. The summed E-state index contributed by atoms with van der Waals surface area (Å²) in [7, 11) is -1.98. The van der Waals surface area contributed by atoms with E-state index in [0.29, 0.717) is 24.4 Å². The second kappa shape index (κ2) is 8.37. The number of rotatable bonds is 8. The van der Waals surface area contributed by atoms with Crippen LogP contribution in [0.3, 0.4) is 0 Å². The van der Waals surface area contributed by atoms with Gasteiger partial charge in [-0.1, -0.05) is 30.3 Å². The van der Waals surface area contributed by atoms with Crippen LogP contribution in [0, 0.1) is 0 Å². The monoisotopic (exact) mass is 386 g/mol. The van der Waals surface area contributed by atoms with Gasteiger partial charge in [0.2, 0.25) is 10.0 Å². The smallest absolute Gasteiger partial charge is 0.243 e. The van der Waals surface area contributed by atoms with E-state index in [-0.39, 0.29) is 11.4 Å². The highest BCUT2D eigenvalue weighted by Crippen LogP contribution is 2.25. The molecule has 2 aromatic carbocycles. The Hall–Kier alpha value is -2.64. The molecule has 3 rings (SSSR count). The van der Waals surface area contributed by atoms with Gasteiger partial charge in [-0.25, -0.2) is 8.42 Å². The first-order valence-electron chi connectivity index (χ1n) is 8.70. The van der Waals surface area contributed by atoms with Crippen LogP contribution in [0.2, 0.25) is 0 Å². The number of benzene rings is 2. The molecule has 0 N–H and O–H groups in total. The number of sulfonamides is 1. The summed E-state index contributed by atoms with van der Waals surface area (Å²) in [5.41, 5.74) is 1.41. The molecule has 0 radical (unpaired) electrons. The molecule has 0 saturated carbocycles. The van der Waals surface area contributed by atoms with Gasteiger partial charge >= 0.3 is 0 Å². The summed E-state index contributed by atoms with van der Waals surface area (Å²) in [5, 5.41) is 4.05. The normalized spacial score (nSPS) is 11.7. The van der Waals surface area contributed by atoms with E-state index in [0.717, 1.165) is 11.3 Å². The summed E-state index contributed by atoms with van der Waals surface area (Å²) in [6.07, 6.45) is 0.704. The van der Waals surface area contributed by atoms with Crippen LogP contribution < -0.4 is 4.74 Å². The number of hydrogen-bond donors (Lipinski definition) is 0. The quantitative estimate of drug-likeness (QED) is 0.586. The van der Waals surface area contributed by atoms with Gasteiger partial charge in [0, 0.05) is 18.2 Å². The SMILES string of the molecule is CCCN(Cc1cc(-c2ccc(OC)cc2)on1)S(=O)(=O)c1ccccc1. The van der Waals surface area contributed by atoms with Crippen molar-refractivity contribution in [3.63, 3.8) is 0 Å². The highest BCUT2D eigenvalue weighted by atomic mass is 32.2. The van der Waals surface area contributed by atoms with Crippen LogP contribution in [0.4, 0.5) is 0 Å². The standard InChI is InChI=1S/C20H22N2O4S/c1-3-13-22(27(23,24)19-7-5-4-6-8-19)15-17-14-20(26-21-17)16-9-11-18(25-2)12-10-16/h4-12,14H,3,13,15H2,1-2H3. The minimum atomic E-state index is -3.59. The van der Waals surface area contributed by atoms with Gasteiger partial charge in [0.1, 0.15) is 5.75 Å². The Morgan fingerprint density at radius 3 is 2.41 bits per heavy atom. The predicted molar refractivity (Wildman–Crippen MR) is 103 cm³/mol. The third-order valence-corrected chi connectivity index (χ3v) is 5.99. The van der Waals surface area contributed by atoms with E-state index in [1.54, 1.807) is 43.5 Å². The molecule has 0 bridgehead atoms. The second-order valence-electron chi connectivity index (χ2n) is 6.06. The van der Waals surface area contributed by atoms with Crippen LogP contribution in [-0.4, -0.2) is 31.5 Å². The summed E-state index contributed by atoms with van der Waals surface area (Å²) in [6.45, 7) is 2.51. The van der Waals surface area contributed by atoms with Crippen molar-refractivity contribution in [3.8, 4) is 17.1 Å². The van der Waals surface area contributed by atoms with Crippen LogP contribution in [0.1, 0.15) is 19.0 Å². The van der Waals surface area contributed by atoms with Gasteiger partial charge in [0.25, 0.3) is 0 Å². The molecule has 3 aromatic rings. The minimum absolute atomic E-state index is 0.157. The van der Waals surface area contributed by atoms with Gasteiger partial charge in [-0.2, -0.15) is 4.31 Å². The fourth-order valence-corrected chi connectivity index (χ4v) is 4.26. The summed E-state index contributed by atoms with van der Waals surface area (Å²) in [6, 6.07) is 17.6. The molecule has 0 unspecified atom stereocenters. The number of methoxy groups -OCH3 is 1. The molecule has 142 valence electrons. The molecular weight excluding hydrogens is 364 g/mol. The highest BCUT2D eigenvalue weighted by Gasteiger charge is 2.25. The first-order chi connectivity index (χ1) is 13.0. The third kappa shape index (κ3) is 4.37. The van der Waals surface area contributed by atoms with Crippen molar-refractivity contribution in [1.29, 1.82) is 0 Å². The molecule has 7 heteroatoms. The van der Waals surface area contributed by atoms with Gasteiger partial charge in [-0.3, -0.25) is 0 Å². The summed E-state index contributed by atoms with van der Waals surface area (Å²) in [5.74, 6) is 1.34. The molecular formula is C20H22N2O4S. The average molecular weight is 386 g/mol. The van der Waals surface area contributed by atoms with Crippen LogP contribution in [-0.2, 0) is 16.6 Å². The van der Waals surface area contributed by atoms with Crippen molar-refractivity contribution >= 4 is 10.0 Å². The van der Waals surface area contributed by atoms with E-state index in [1.807, 2.05) is 31.2 Å². The van der Waals surface area contributed by atoms with E-state index in [4.69, 9.17) is 9.26 Å². The lowest BCUT2D eigenvalue weighted by Gasteiger charge is -2.20. The molecule has 0 fully saturated rings. The lowest BCUT2D eigenvalue weighted by Crippen LogP contribution is -2.31. The van der Waals surface area contributed by atoms with E-state index in [2.05, 4.69) is 5.16 Å². The number of hydrogen-bond acceptors (Lipinski definition) is 5. The highest BCUT2D eigenvalue weighted by molar-refractivity contribution is 7.89. The predicted octanol–water partition coefficient (Wildman–Crippen LogP) is 3.95. The largest absolute Gasteiger partial charge is 0.497 e. The lowest BCUT2D eigenvalue weighted by atomic mass is 10.1. The molecule has 0 saturated heterocycles. The summed E-state index contributed by atoms with van der Waals surface area (Å²) in [4.78, 5) is 0.275. The molecule has 0 atom stereocenters. The van der Waals surface area contributed by atoms with Crippen molar-refractivity contribution in [2.75, 3.05) is 13.7 Å². The molecule has 6 nitrogen and oxygen atoms in total. The maximum Gasteiger partial charge on any atom is 0.243 e. The fourth-order valence-electron chi connectivity index (χ4n) is 2.73. The van der Waals surface area contributed by atoms with Crippen molar-refractivity contribution in [2.45, 2.75) is 24.8 Å². The molecule has 0 amide bonds. The summed E-state index contributed by atoms with van der Waals surface area (Å²) >= 11 is 0. The Balaban J connectivity index is 1.82. The van der Waals surface area contributed by atoms with Gasteiger partial charge in [-0.15, -0.1) is 0 Å². The summed E-state index contributed by atoms with van der Waals surface area (Å²) < 4.78 is 37.8. The zero-order valence-corrected chi connectivity index (χ0v) is 16.1. The number of nitrogens with zero attached hydrogens (tertiary/aromatic N) is 2. The zero-order chi connectivity index (χ0) is 19.3. The second-order valence-corrected chi connectivity index (χ2v) is 8.00. The fraction of sp³-hybridized carbons (Fsp3) is 0.250. The molecule has 0 spiro atoms. The van der Waals surface area contributed by atoms with Crippen molar-refractivity contribution < 1.29 is 17.7 Å². The average Bonchev–Trinajstić information content (AvgIpc) is 3.17. The molecule has 0 aliphatic carbocycles. The first-order valence-corrected chi connectivity index (χ1v) is 10.1. The van der Waals surface area contributed by atoms with Crippen molar-refractivity contribution in [3.05, 3.63) is 66.4 Å². The van der Waals surface area contributed by atoms with Gasteiger partial charge < -0.3 is 9.26 Å². The maximum absolute atomic E-state index is 12.9. The third-order valence-electron chi connectivity index (χ3n) is 4.13. The Labute approximate surface area is 159 Å². The Bertz CT molecular complexity index is 967. The Morgan fingerprint density at radius 1 is 1.07 bits per heavy atom. The van der Waals surface area contributed by atoms with Crippen LogP contribution in [0.15, 0.2) is 70.1 Å². The lowest BCUT2D eigenvalue weighted by molar-refractivity contribution is 0.375. The van der Waals surface area contributed by atoms with E-state index in [9.17, 15) is 8.42 Å². The van der Waals surface area contributed by atoms with Gasteiger partial charge in [0.15, 0.2) is 5.76 Å². The minimum Gasteiger partial charge on any atom is -0.497 e. The van der Waals surface area contributed by atoms with E-state index >= 15 is 0 Å². The topological polar surface area (TPSA) is 72.6 Å². The molecule has 27 heavy (non-hydrogen) atoms. The molecule has 1 aromatic heterocycles. The van der Waals surface area contributed by atoms with Crippen LogP contribution >= 0.6 is 0 Å². The van der Waals surface area contributed by atoms with E-state index < -0.39 is 10.0 Å². The molecule has 0 aliphatic heterocycles. The maximum atomic E-state index is 12.9. The van der Waals surface area contributed by atoms with Crippen LogP contribution in [0.25, 0.3) is 11.3 Å². The molecule has 0 aliphatic rings. The van der Waals surface area contributed by atoms with Gasteiger partial charge in [0.05, 0.1) is 24.2 Å². The molecule has 1 heterocycles.